The average molecular weight is 1150 g/mol. The van der Waals surface area contributed by atoms with Gasteiger partial charge in [-0.3, -0.25) is 9.59 Å². The van der Waals surface area contributed by atoms with E-state index in [-0.39, 0.29) is 77.2 Å². The van der Waals surface area contributed by atoms with E-state index in [1.807, 2.05) is 13.8 Å². The van der Waals surface area contributed by atoms with Gasteiger partial charge in [0, 0.05) is 24.0 Å². The predicted octanol–water partition coefficient (Wildman–Crippen LogP) is 7.53. The smallest absolute Gasteiger partial charge is 0.339 e. The minimum atomic E-state index is -1.47. The molecule has 0 spiro atoms. The first kappa shape index (κ1) is 67.1. The fraction of sp³-hybridized carbons (Fsp3) is 0.459. The van der Waals surface area contributed by atoms with Gasteiger partial charge in [0.2, 0.25) is 0 Å². The normalized spacial score (nSPS) is 12.9. The molecule has 1 aromatic heterocycles. The largest absolute Gasteiger partial charge is 0.478 e. The van der Waals surface area contributed by atoms with E-state index in [4.69, 9.17) is 33.2 Å². The molecule has 0 aliphatic heterocycles. The summed E-state index contributed by atoms with van der Waals surface area (Å²) in [5.41, 5.74) is -9.14. The molecule has 4 rings (SSSR count). The third-order valence-electron chi connectivity index (χ3n) is 14.3. The lowest BCUT2D eigenvalue weighted by atomic mass is 9.89. The van der Waals surface area contributed by atoms with Crippen molar-refractivity contribution in [2.24, 2.45) is 0 Å². The number of hydrogen-bond donors (Lipinski definition) is 1. The molecule has 448 valence electrons. The molecule has 0 fully saturated rings. The van der Waals surface area contributed by atoms with Crippen molar-refractivity contribution in [2.45, 2.75) is 150 Å². The quantitative estimate of drug-likeness (QED) is 0.0209. The number of rotatable bonds is 33. The standard InChI is InChI=1S/C61H75N3O19/c1-13-59(11,47(65)39(5)6)80-34-29-58(9,10)82-54(73)46-28-22-21-27-45(46)53(72)79-38-33-64-56(75)62(55(74)63(57(64)76)32-37-78-52(71)44-26-20-18-24-42(44)49(67)68)31-36-77-51(70)43-25-19-17-23-41(43)48(66)60(12,14-2)81-35-30-61(15-3,16-4)83-50(69)40(7)8/h17-28H,5,7,13-16,29-38H2,1-4,6,8-12H3,(H,67,68). The van der Waals surface area contributed by atoms with E-state index in [0.717, 1.165) is 0 Å². The number of carbonyl (C=O) groups excluding carboxylic acids is 7. The Bertz CT molecular complexity index is 3290. The number of hydrogen-bond acceptors (Lipinski definition) is 18. The number of ether oxygens (including phenoxy) is 7. The van der Waals surface area contributed by atoms with Gasteiger partial charge in [-0.1, -0.05) is 83.3 Å². The van der Waals surface area contributed by atoms with Gasteiger partial charge >= 0.3 is 52.9 Å². The van der Waals surface area contributed by atoms with Gasteiger partial charge in [0.15, 0.2) is 11.6 Å². The van der Waals surface area contributed by atoms with Gasteiger partial charge in [-0.05, 0) is 103 Å². The molecule has 1 N–H and O–H groups in total. The molecule has 1 heterocycles. The van der Waals surface area contributed by atoms with Crippen molar-refractivity contribution in [3.63, 3.8) is 0 Å². The van der Waals surface area contributed by atoms with Crippen molar-refractivity contribution in [1.82, 2.24) is 13.7 Å². The number of carboxylic acid groups (broad SMARTS) is 1. The first-order valence-electron chi connectivity index (χ1n) is 27.2. The Morgan fingerprint density at radius 3 is 1.22 bits per heavy atom. The van der Waals surface area contributed by atoms with Crippen molar-refractivity contribution in [3.05, 3.63) is 162 Å². The monoisotopic (exact) mass is 1150 g/mol. The molecule has 0 aliphatic carbocycles. The third kappa shape index (κ3) is 17.1. The zero-order chi connectivity index (χ0) is 62.0. The zero-order valence-electron chi connectivity index (χ0n) is 48.9. The second-order valence-electron chi connectivity index (χ2n) is 20.7. The Balaban J connectivity index is 1.58. The number of carbonyl (C=O) groups is 8. The second-order valence-corrected chi connectivity index (χ2v) is 20.7. The number of benzene rings is 3. The van der Waals surface area contributed by atoms with Crippen molar-refractivity contribution in [2.75, 3.05) is 33.0 Å². The molecule has 0 amide bonds. The number of Topliss-reactive ketones (excluding diaryl/α,β-unsaturated/α-hetero) is 2. The van der Waals surface area contributed by atoms with E-state index in [1.165, 1.54) is 72.8 Å². The van der Waals surface area contributed by atoms with Crippen LogP contribution < -0.4 is 17.1 Å². The first-order valence-corrected chi connectivity index (χ1v) is 27.2. The van der Waals surface area contributed by atoms with Crippen molar-refractivity contribution < 1.29 is 76.6 Å². The Kier molecular flexibility index (Phi) is 23.9. The molecule has 0 aliphatic rings. The number of carboxylic acids is 1. The van der Waals surface area contributed by atoms with Crippen LogP contribution in [0.15, 0.2) is 111 Å². The van der Waals surface area contributed by atoms with E-state index >= 15 is 0 Å². The van der Waals surface area contributed by atoms with Crippen LogP contribution in [-0.2, 0) is 62.4 Å². The summed E-state index contributed by atoms with van der Waals surface area (Å²) in [5.74, 6) is -6.88. The SMILES string of the molecule is C=C(C)C(=O)OC(CC)(CC)CCOC(C)(CC)C(=O)c1ccccc1C(=O)OCCn1c(=O)n(CCOC(=O)c2ccccc2C(=O)O)c(=O)n(CCOC(=O)c2ccccc2C(=O)OC(C)(C)CCOC(C)(CC)C(=O)C(=C)C)c1=O. The van der Waals surface area contributed by atoms with Crippen LogP contribution in [0.4, 0.5) is 0 Å². The predicted molar refractivity (Wildman–Crippen MR) is 303 cm³/mol. The van der Waals surface area contributed by atoms with Crippen molar-refractivity contribution >= 4 is 47.4 Å². The molecular formula is C61H75N3O19. The average Bonchev–Trinajstić information content (AvgIpc) is 3.67. The lowest BCUT2D eigenvalue weighted by molar-refractivity contribution is -0.159. The highest BCUT2D eigenvalue weighted by Crippen LogP contribution is 2.30. The molecule has 4 aromatic rings. The van der Waals surface area contributed by atoms with Crippen LogP contribution in [0.2, 0.25) is 0 Å². The Hall–Kier alpha value is -8.37. The summed E-state index contributed by atoms with van der Waals surface area (Å²) in [6, 6.07) is 16.5. The highest BCUT2D eigenvalue weighted by atomic mass is 16.6. The zero-order valence-corrected chi connectivity index (χ0v) is 48.9. The van der Waals surface area contributed by atoms with Gasteiger partial charge in [-0.25, -0.2) is 56.9 Å². The van der Waals surface area contributed by atoms with Crippen LogP contribution in [0, 0.1) is 0 Å². The van der Waals surface area contributed by atoms with Crippen LogP contribution in [0.3, 0.4) is 0 Å². The molecule has 0 radical (unpaired) electrons. The van der Waals surface area contributed by atoms with Gasteiger partial charge in [-0.2, -0.15) is 0 Å². The van der Waals surface area contributed by atoms with Crippen LogP contribution in [-0.4, -0.2) is 122 Å². The summed E-state index contributed by atoms with van der Waals surface area (Å²) < 4.78 is 41.6. The summed E-state index contributed by atoms with van der Waals surface area (Å²) in [5, 5.41) is 9.59. The number of aromatic nitrogens is 3. The molecule has 83 heavy (non-hydrogen) atoms. The van der Waals surface area contributed by atoms with Crippen LogP contribution in [0.25, 0.3) is 0 Å². The lowest BCUT2D eigenvalue weighted by Gasteiger charge is -2.34. The topological polar surface area (TPSA) is 287 Å². The Labute approximate surface area is 480 Å². The summed E-state index contributed by atoms with van der Waals surface area (Å²) >= 11 is 0. The molecule has 2 atom stereocenters. The maximum Gasteiger partial charge on any atom is 0.339 e. The minimum absolute atomic E-state index is 0.00866. The highest BCUT2D eigenvalue weighted by molar-refractivity contribution is 6.10. The Morgan fingerprint density at radius 2 is 0.831 bits per heavy atom. The number of esters is 5. The second kappa shape index (κ2) is 29.6. The summed E-state index contributed by atoms with van der Waals surface area (Å²) in [6.07, 6.45) is 1.88. The maximum absolute atomic E-state index is 14.3. The molecule has 0 saturated carbocycles. The van der Waals surface area contributed by atoms with Crippen LogP contribution >= 0.6 is 0 Å². The van der Waals surface area contributed by atoms with E-state index < -0.39 is 121 Å². The maximum atomic E-state index is 14.3. The summed E-state index contributed by atoms with van der Waals surface area (Å²) in [4.78, 5) is 147. The van der Waals surface area contributed by atoms with Gasteiger partial charge in [0.25, 0.3) is 0 Å². The summed E-state index contributed by atoms with van der Waals surface area (Å²) in [6.45, 7) is 20.2. The molecule has 22 nitrogen and oxygen atoms in total. The molecule has 3 aromatic carbocycles. The van der Waals surface area contributed by atoms with Gasteiger partial charge < -0.3 is 38.3 Å². The van der Waals surface area contributed by atoms with E-state index in [2.05, 4.69) is 13.2 Å². The van der Waals surface area contributed by atoms with Crippen molar-refractivity contribution in [3.8, 4) is 0 Å². The van der Waals surface area contributed by atoms with Gasteiger partial charge in [0.1, 0.15) is 42.2 Å². The lowest BCUT2D eigenvalue weighted by Crippen LogP contribution is -2.55. The fourth-order valence-corrected chi connectivity index (χ4v) is 8.54. The number of nitrogens with zero attached hydrogens (tertiary/aromatic N) is 3. The van der Waals surface area contributed by atoms with Gasteiger partial charge in [0.05, 0.1) is 60.7 Å². The minimum Gasteiger partial charge on any atom is -0.478 e. The van der Waals surface area contributed by atoms with E-state index in [0.29, 0.717) is 38.5 Å². The van der Waals surface area contributed by atoms with Crippen LogP contribution in [0.5, 0.6) is 0 Å². The van der Waals surface area contributed by atoms with Crippen molar-refractivity contribution in [1.29, 1.82) is 0 Å². The number of ketones is 2. The molecule has 2 unspecified atom stereocenters. The molecular weight excluding hydrogens is 1080 g/mol. The molecule has 0 bridgehead atoms. The third-order valence-corrected chi connectivity index (χ3v) is 14.3. The van der Waals surface area contributed by atoms with Crippen LogP contribution in [0.1, 0.15) is 170 Å². The Morgan fingerprint density at radius 1 is 0.470 bits per heavy atom. The van der Waals surface area contributed by atoms with E-state index in [9.17, 15) is 57.8 Å². The molecule has 0 saturated heterocycles. The van der Waals surface area contributed by atoms with E-state index in [1.54, 1.807) is 55.4 Å². The molecule has 22 heteroatoms. The number of aromatic carboxylic acids is 1. The first-order chi connectivity index (χ1) is 39.1. The van der Waals surface area contributed by atoms with Gasteiger partial charge in [-0.15, -0.1) is 0 Å². The summed E-state index contributed by atoms with van der Waals surface area (Å²) in [7, 11) is 0. The fourth-order valence-electron chi connectivity index (χ4n) is 8.54. The highest BCUT2D eigenvalue weighted by Gasteiger charge is 2.39.